The first-order valence-electron chi connectivity index (χ1n) is 13.6. The van der Waals surface area contributed by atoms with Crippen molar-refractivity contribution in [3.63, 3.8) is 0 Å². The van der Waals surface area contributed by atoms with E-state index in [1.807, 2.05) is 20.0 Å². The quantitative estimate of drug-likeness (QED) is 0.389. The second-order valence-corrected chi connectivity index (χ2v) is 10.7. The van der Waals surface area contributed by atoms with Gasteiger partial charge in [0.05, 0.1) is 18.2 Å². The van der Waals surface area contributed by atoms with Gasteiger partial charge >= 0.3 is 12.3 Å². The number of nitrogens with zero attached hydrogens (tertiary/aromatic N) is 4. The summed E-state index contributed by atoms with van der Waals surface area (Å²) in [6.07, 6.45) is -0.657. The molecule has 0 aliphatic carbocycles. The molecule has 2 aliphatic heterocycles. The van der Waals surface area contributed by atoms with Gasteiger partial charge in [-0.15, -0.1) is 0 Å². The topological polar surface area (TPSA) is 48.9 Å². The molecular weight excluding hydrogens is 493 g/mol. The largest absolute Gasteiger partial charge is 0.439 e. The van der Waals surface area contributed by atoms with Crippen LogP contribution in [0.1, 0.15) is 74.0 Å². The summed E-state index contributed by atoms with van der Waals surface area (Å²) >= 11 is 0. The minimum Gasteiger partial charge on any atom is -0.439 e. The number of piperidine rings is 1. The number of alkyl halides is 3. The standard InChI is InChI=1S/C29H39F3N4O2/c1-6-10-34-11-8-25(9-12-34)35(7-2)27-23(14-20(4)17-33-27)18-36-21(5)26(38-28(36)37)22-13-19(3)15-24(16-22)29(30,31)32/h13-17,21,25-26H,6-12,18H2,1-5H3/t21-,26-/m0/s1. The fourth-order valence-electron chi connectivity index (χ4n) is 5.83. The van der Waals surface area contributed by atoms with Crippen LogP contribution < -0.4 is 4.90 Å². The number of anilines is 1. The molecule has 0 radical (unpaired) electrons. The Morgan fingerprint density at radius 1 is 1.08 bits per heavy atom. The highest BCUT2D eigenvalue weighted by atomic mass is 19.4. The van der Waals surface area contributed by atoms with Gasteiger partial charge in [-0.3, -0.25) is 4.90 Å². The SMILES string of the molecule is CCCN1CCC(N(CC)c2ncc(C)cc2CN2C(=O)O[C@H](c3cc(C)cc(C(F)(F)F)c3)[C@@H]2C)CC1. The summed E-state index contributed by atoms with van der Waals surface area (Å²) in [4.78, 5) is 24.3. The Morgan fingerprint density at radius 3 is 2.42 bits per heavy atom. The van der Waals surface area contributed by atoms with Crippen molar-refractivity contribution in [1.29, 1.82) is 0 Å². The van der Waals surface area contributed by atoms with Crippen LogP contribution in [0, 0.1) is 13.8 Å². The first kappa shape index (κ1) is 28.2. The number of aryl methyl sites for hydroxylation is 2. The van der Waals surface area contributed by atoms with Crippen molar-refractivity contribution >= 4 is 11.9 Å². The van der Waals surface area contributed by atoms with E-state index in [1.54, 1.807) is 17.9 Å². The Morgan fingerprint density at radius 2 is 1.79 bits per heavy atom. The fraction of sp³-hybridized carbons (Fsp3) is 0.586. The minimum absolute atomic E-state index is 0.281. The summed E-state index contributed by atoms with van der Waals surface area (Å²) in [6.45, 7) is 14.1. The number of hydrogen-bond acceptors (Lipinski definition) is 5. The number of carbonyl (C=O) groups is 1. The molecule has 2 aromatic rings. The summed E-state index contributed by atoms with van der Waals surface area (Å²) in [5.74, 6) is 0.866. The lowest BCUT2D eigenvalue weighted by molar-refractivity contribution is -0.137. The molecule has 208 valence electrons. The second kappa shape index (κ2) is 11.5. The van der Waals surface area contributed by atoms with E-state index in [9.17, 15) is 18.0 Å². The molecule has 2 saturated heterocycles. The molecule has 2 atom stereocenters. The van der Waals surface area contributed by atoms with E-state index in [0.717, 1.165) is 74.5 Å². The maximum Gasteiger partial charge on any atom is 0.416 e. The molecule has 2 fully saturated rings. The van der Waals surface area contributed by atoms with Gasteiger partial charge in [-0.05, 0) is 82.8 Å². The first-order valence-corrected chi connectivity index (χ1v) is 13.6. The van der Waals surface area contributed by atoms with Crippen LogP contribution in [0.25, 0.3) is 0 Å². The van der Waals surface area contributed by atoms with E-state index in [1.165, 1.54) is 0 Å². The summed E-state index contributed by atoms with van der Waals surface area (Å²) in [7, 11) is 0. The van der Waals surface area contributed by atoms with Crippen molar-refractivity contribution in [1.82, 2.24) is 14.8 Å². The van der Waals surface area contributed by atoms with E-state index in [2.05, 4.69) is 29.7 Å². The molecule has 0 spiro atoms. The molecule has 0 bridgehead atoms. The number of halogens is 3. The number of benzene rings is 1. The molecule has 1 amide bonds. The normalized spacial score (nSPS) is 21.2. The molecule has 9 heteroatoms. The minimum atomic E-state index is -4.47. The summed E-state index contributed by atoms with van der Waals surface area (Å²) < 4.78 is 46.0. The van der Waals surface area contributed by atoms with Crippen LogP contribution in [-0.4, -0.2) is 59.1 Å². The van der Waals surface area contributed by atoms with Crippen LogP contribution in [0.3, 0.4) is 0 Å². The number of likely N-dealkylation sites (tertiary alicyclic amines) is 1. The van der Waals surface area contributed by atoms with Crippen LogP contribution in [-0.2, 0) is 17.5 Å². The van der Waals surface area contributed by atoms with Crippen LogP contribution in [0.4, 0.5) is 23.8 Å². The Labute approximate surface area is 223 Å². The number of carbonyl (C=O) groups excluding carboxylic acids is 1. The lowest BCUT2D eigenvalue weighted by Crippen LogP contribution is -2.46. The maximum atomic E-state index is 13.4. The molecule has 1 aromatic carbocycles. The highest BCUT2D eigenvalue weighted by Gasteiger charge is 2.41. The smallest absolute Gasteiger partial charge is 0.416 e. The van der Waals surface area contributed by atoms with Crippen LogP contribution in [0.15, 0.2) is 30.5 Å². The van der Waals surface area contributed by atoms with Crippen molar-refractivity contribution in [3.8, 4) is 0 Å². The van der Waals surface area contributed by atoms with Gasteiger partial charge < -0.3 is 14.5 Å². The van der Waals surface area contributed by atoms with Crippen molar-refractivity contribution in [2.75, 3.05) is 31.1 Å². The van der Waals surface area contributed by atoms with Crippen molar-refractivity contribution < 1.29 is 22.7 Å². The average molecular weight is 533 g/mol. The third-order valence-corrected chi connectivity index (χ3v) is 7.72. The highest BCUT2D eigenvalue weighted by Crippen LogP contribution is 2.38. The van der Waals surface area contributed by atoms with Gasteiger partial charge in [-0.2, -0.15) is 13.2 Å². The van der Waals surface area contributed by atoms with E-state index in [0.29, 0.717) is 17.2 Å². The van der Waals surface area contributed by atoms with Crippen molar-refractivity contribution in [2.45, 2.75) is 84.8 Å². The number of pyridine rings is 1. The zero-order valence-electron chi connectivity index (χ0n) is 23.0. The van der Waals surface area contributed by atoms with Gasteiger partial charge in [0, 0.05) is 37.4 Å². The van der Waals surface area contributed by atoms with Gasteiger partial charge in [0.25, 0.3) is 0 Å². The van der Waals surface area contributed by atoms with Crippen molar-refractivity contribution in [2.24, 2.45) is 0 Å². The zero-order valence-corrected chi connectivity index (χ0v) is 23.0. The number of ether oxygens (including phenoxy) is 1. The molecular formula is C29H39F3N4O2. The van der Waals surface area contributed by atoms with E-state index < -0.39 is 30.0 Å². The Balaban J connectivity index is 1.57. The molecule has 38 heavy (non-hydrogen) atoms. The maximum absolute atomic E-state index is 13.4. The third kappa shape index (κ3) is 6.08. The van der Waals surface area contributed by atoms with Crippen LogP contribution in [0.5, 0.6) is 0 Å². The van der Waals surface area contributed by atoms with Gasteiger partial charge in [-0.1, -0.05) is 18.6 Å². The van der Waals surface area contributed by atoms with Gasteiger partial charge in [-0.25, -0.2) is 9.78 Å². The van der Waals surface area contributed by atoms with Crippen LogP contribution >= 0.6 is 0 Å². The van der Waals surface area contributed by atoms with Crippen LogP contribution in [0.2, 0.25) is 0 Å². The number of aromatic nitrogens is 1. The predicted octanol–water partition coefficient (Wildman–Crippen LogP) is 6.50. The zero-order chi connectivity index (χ0) is 27.6. The predicted molar refractivity (Wildman–Crippen MR) is 142 cm³/mol. The van der Waals surface area contributed by atoms with E-state index in [4.69, 9.17) is 9.72 Å². The van der Waals surface area contributed by atoms with E-state index in [-0.39, 0.29) is 6.54 Å². The fourth-order valence-corrected chi connectivity index (χ4v) is 5.83. The summed E-state index contributed by atoms with van der Waals surface area (Å²) in [5, 5.41) is 0. The molecule has 6 nitrogen and oxygen atoms in total. The molecule has 2 aliphatic rings. The molecule has 0 unspecified atom stereocenters. The Bertz CT molecular complexity index is 1130. The number of amides is 1. The lowest BCUT2D eigenvalue weighted by atomic mass is 9.98. The Kier molecular flexibility index (Phi) is 8.55. The van der Waals surface area contributed by atoms with Gasteiger partial charge in [0.15, 0.2) is 0 Å². The average Bonchev–Trinajstić information content (AvgIpc) is 3.14. The Hall–Kier alpha value is -2.81. The highest BCUT2D eigenvalue weighted by molar-refractivity contribution is 5.71. The molecule has 3 heterocycles. The van der Waals surface area contributed by atoms with Gasteiger partial charge in [0.2, 0.25) is 0 Å². The number of cyclic esters (lactones) is 1. The third-order valence-electron chi connectivity index (χ3n) is 7.72. The molecule has 0 N–H and O–H groups in total. The number of rotatable bonds is 8. The molecule has 0 saturated carbocycles. The summed E-state index contributed by atoms with van der Waals surface area (Å²) in [5.41, 5.74) is 2.01. The molecule has 4 rings (SSSR count). The monoisotopic (exact) mass is 532 g/mol. The van der Waals surface area contributed by atoms with Gasteiger partial charge in [0.1, 0.15) is 11.9 Å². The molecule has 1 aromatic heterocycles. The second-order valence-electron chi connectivity index (χ2n) is 10.7. The van der Waals surface area contributed by atoms with Crippen molar-refractivity contribution in [3.05, 3.63) is 58.3 Å². The first-order chi connectivity index (χ1) is 18.0. The summed E-state index contributed by atoms with van der Waals surface area (Å²) in [6, 6.07) is 5.85. The number of hydrogen-bond donors (Lipinski definition) is 0. The lowest BCUT2D eigenvalue weighted by Gasteiger charge is -2.39. The van der Waals surface area contributed by atoms with E-state index >= 15 is 0 Å².